The van der Waals surface area contributed by atoms with E-state index >= 15 is 0 Å². The zero-order valence-electron chi connectivity index (χ0n) is 23.4. The number of carbonyl (C=O) groups is 1. The van der Waals surface area contributed by atoms with Crippen LogP contribution < -0.4 is 4.74 Å². The molecule has 0 aliphatic carbocycles. The van der Waals surface area contributed by atoms with Gasteiger partial charge in [-0.25, -0.2) is 4.39 Å². The standard InChI is InChI=1S/C31H49FN2O3/c1-6-9-10-11-12-13-14-15-20-31(36,34(5)22-8-3)26-29(35)27-18-19-30(28(32)25-27)37-24-17-16-23-33(4)21-7-2/h7-8,16-19,25,36H,2-3,6,9-15,20-24,26H2,1,4-5H3/b17-16+. The number of aliphatic hydroxyl groups is 1. The topological polar surface area (TPSA) is 53.0 Å². The van der Waals surface area contributed by atoms with Crippen molar-refractivity contribution < 1.29 is 19.0 Å². The minimum absolute atomic E-state index is 0.0959. The Morgan fingerprint density at radius 2 is 1.65 bits per heavy atom. The van der Waals surface area contributed by atoms with Gasteiger partial charge >= 0.3 is 0 Å². The molecule has 0 aliphatic rings. The van der Waals surface area contributed by atoms with Gasteiger partial charge in [0.2, 0.25) is 0 Å². The number of benzene rings is 1. The van der Waals surface area contributed by atoms with Gasteiger partial charge < -0.3 is 9.84 Å². The van der Waals surface area contributed by atoms with E-state index in [-0.39, 0.29) is 30.1 Å². The molecular formula is C31H49FN2O3. The van der Waals surface area contributed by atoms with Crippen LogP contribution in [0.25, 0.3) is 0 Å². The van der Waals surface area contributed by atoms with Crippen LogP contribution in [0, 0.1) is 5.82 Å². The number of hydrogen-bond acceptors (Lipinski definition) is 5. The Bertz CT molecular complexity index is 842. The Balaban J connectivity index is 2.67. The number of hydrogen-bond donors (Lipinski definition) is 1. The third-order valence-electron chi connectivity index (χ3n) is 6.60. The van der Waals surface area contributed by atoms with Crippen LogP contribution in [-0.2, 0) is 0 Å². The van der Waals surface area contributed by atoms with Crippen molar-refractivity contribution in [1.29, 1.82) is 0 Å². The fourth-order valence-corrected chi connectivity index (χ4v) is 4.23. The van der Waals surface area contributed by atoms with Crippen molar-refractivity contribution in [1.82, 2.24) is 9.80 Å². The molecule has 0 heterocycles. The number of nitrogens with zero attached hydrogens (tertiary/aromatic N) is 2. The van der Waals surface area contributed by atoms with Gasteiger partial charge in [-0.15, -0.1) is 13.2 Å². The molecule has 1 unspecified atom stereocenters. The van der Waals surface area contributed by atoms with Gasteiger partial charge in [-0.2, -0.15) is 0 Å². The fraction of sp³-hybridized carbons (Fsp3) is 0.581. The molecule has 0 fully saturated rings. The van der Waals surface area contributed by atoms with Gasteiger partial charge in [0, 0.05) is 25.2 Å². The Morgan fingerprint density at radius 1 is 1.00 bits per heavy atom. The van der Waals surface area contributed by atoms with Crippen molar-refractivity contribution in [2.75, 3.05) is 40.3 Å². The van der Waals surface area contributed by atoms with E-state index in [2.05, 4.69) is 25.0 Å². The van der Waals surface area contributed by atoms with E-state index < -0.39 is 11.5 Å². The smallest absolute Gasteiger partial charge is 0.167 e. The molecule has 0 aliphatic heterocycles. The van der Waals surface area contributed by atoms with E-state index in [0.717, 1.165) is 32.4 Å². The zero-order chi connectivity index (χ0) is 27.5. The first-order chi connectivity index (χ1) is 17.8. The highest BCUT2D eigenvalue weighted by Crippen LogP contribution is 2.27. The fourth-order valence-electron chi connectivity index (χ4n) is 4.23. The van der Waals surface area contributed by atoms with Gasteiger partial charge in [0.25, 0.3) is 0 Å². The second kappa shape index (κ2) is 18.9. The number of rotatable bonds is 22. The van der Waals surface area contributed by atoms with Gasteiger partial charge in [-0.3, -0.25) is 14.6 Å². The van der Waals surface area contributed by atoms with Crippen LogP contribution in [0.15, 0.2) is 55.7 Å². The number of ether oxygens (including phenoxy) is 1. The van der Waals surface area contributed by atoms with Gasteiger partial charge in [0.15, 0.2) is 17.3 Å². The lowest BCUT2D eigenvalue weighted by Gasteiger charge is -2.36. The number of halogens is 1. The first-order valence-corrected chi connectivity index (χ1v) is 13.7. The molecule has 0 amide bonds. The van der Waals surface area contributed by atoms with Crippen LogP contribution in [0.1, 0.15) is 81.5 Å². The quantitative estimate of drug-likeness (QED) is 0.0796. The number of likely N-dealkylation sites (N-methyl/N-ethyl adjacent to an activating group) is 2. The summed E-state index contributed by atoms with van der Waals surface area (Å²) in [6, 6.07) is 4.24. The molecule has 0 aromatic heterocycles. The summed E-state index contributed by atoms with van der Waals surface area (Å²) in [6.45, 7) is 11.9. The molecule has 0 bridgehead atoms. The van der Waals surface area contributed by atoms with Gasteiger partial charge in [-0.05, 0) is 45.1 Å². The molecular weight excluding hydrogens is 467 g/mol. The number of ketones is 1. The Kier molecular flexibility index (Phi) is 16.7. The summed E-state index contributed by atoms with van der Waals surface area (Å²) in [4.78, 5) is 16.9. The summed E-state index contributed by atoms with van der Waals surface area (Å²) in [5, 5.41) is 11.4. The van der Waals surface area contributed by atoms with E-state index in [9.17, 15) is 14.3 Å². The molecule has 1 rings (SSSR count). The van der Waals surface area contributed by atoms with Gasteiger partial charge in [-0.1, -0.05) is 76.2 Å². The highest BCUT2D eigenvalue weighted by molar-refractivity contribution is 5.96. The zero-order valence-corrected chi connectivity index (χ0v) is 23.4. The maximum atomic E-state index is 14.7. The van der Waals surface area contributed by atoms with E-state index in [1.807, 2.05) is 25.3 Å². The Labute approximate surface area is 224 Å². The molecule has 0 saturated carbocycles. The van der Waals surface area contributed by atoms with Crippen LogP contribution in [0.4, 0.5) is 4.39 Å². The van der Waals surface area contributed by atoms with Crippen LogP contribution in [0.2, 0.25) is 0 Å². The number of carbonyl (C=O) groups excluding carboxylic acids is 1. The molecule has 1 atom stereocenters. The number of Topliss-reactive ketones (excluding diaryl/α,β-unsaturated/α-hetero) is 1. The van der Waals surface area contributed by atoms with Crippen LogP contribution in [0.3, 0.4) is 0 Å². The maximum Gasteiger partial charge on any atom is 0.167 e. The molecule has 0 spiro atoms. The lowest BCUT2D eigenvalue weighted by Crippen LogP contribution is -2.48. The lowest BCUT2D eigenvalue weighted by atomic mass is 9.94. The molecule has 1 aromatic rings. The molecule has 37 heavy (non-hydrogen) atoms. The van der Waals surface area contributed by atoms with E-state index in [4.69, 9.17) is 4.74 Å². The average molecular weight is 517 g/mol. The molecule has 5 nitrogen and oxygen atoms in total. The first-order valence-electron chi connectivity index (χ1n) is 13.7. The molecule has 6 heteroatoms. The highest BCUT2D eigenvalue weighted by atomic mass is 19.1. The molecule has 0 radical (unpaired) electrons. The summed E-state index contributed by atoms with van der Waals surface area (Å²) >= 11 is 0. The highest BCUT2D eigenvalue weighted by Gasteiger charge is 2.34. The van der Waals surface area contributed by atoms with Crippen LogP contribution >= 0.6 is 0 Å². The first kappa shape index (κ1) is 32.7. The summed E-state index contributed by atoms with van der Waals surface area (Å²) < 4.78 is 20.2. The van der Waals surface area contributed by atoms with Gasteiger partial charge in [0.05, 0.1) is 6.42 Å². The minimum atomic E-state index is -1.30. The molecule has 1 aromatic carbocycles. The third kappa shape index (κ3) is 13.2. The van der Waals surface area contributed by atoms with Crippen molar-refractivity contribution in [3.05, 3.63) is 67.0 Å². The second-order valence-corrected chi connectivity index (χ2v) is 9.91. The van der Waals surface area contributed by atoms with E-state index in [1.54, 1.807) is 24.1 Å². The molecule has 208 valence electrons. The van der Waals surface area contributed by atoms with E-state index in [0.29, 0.717) is 13.0 Å². The predicted molar refractivity (Wildman–Crippen MR) is 153 cm³/mol. The van der Waals surface area contributed by atoms with Crippen LogP contribution in [-0.4, -0.2) is 66.8 Å². The summed E-state index contributed by atoms with van der Waals surface area (Å²) in [5.41, 5.74) is -1.07. The monoisotopic (exact) mass is 516 g/mol. The average Bonchev–Trinajstić information content (AvgIpc) is 2.86. The van der Waals surface area contributed by atoms with E-state index in [1.165, 1.54) is 44.2 Å². The molecule has 0 saturated heterocycles. The van der Waals surface area contributed by atoms with Crippen molar-refractivity contribution >= 4 is 5.78 Å². The number of unbranched alkanes of at least 4 members (excludes halogenated alkanes) is 7. The lowest BCUT2D eigenvalue weighted by molar-refractivity contribution is -0.0959. The minimum Gasteiger partial charge on any atom is -0.486 e. The third-order valence-corrected chi connectivity index (χ3v) is 6.60. The van der Waals surface area contributed by atoms with Crippen molar-refractivity contribution in [2.45, 2.75) is 76.9 Å². The largest absolute Gasteiger partial charge is 0.486 e. The summed E-state index contributed by atoms with van der Waals surface area (Å²) in [5.74, 6) is -0.790. The SMILES string of the molecule is C=CCN(C)C/C=C/COc1ccc(C(=O)CC(O)(CCCCCCCCCC)N(C)CC=C)cc1F. The predicted octanol–water partition coefficient (Wildman–Crippen LogP) is 6.79. The second-order valence-electron chi connectivity index (χ2n) is 9.91. The van der Waals surface area contributed by atoms with Crippen molar-refractivity contribution in [2.24, 2.45) is 0 Å². The van der Waals surface area contributed by atoms with Crippen LogP contribution in [0.5, 0.6) is 5.75 Å². The molecule has 1 N–H and O–H groups in total. The summed E-state index contributed by atoms with van der Waals surface area (Å²) in [6.07, 6.45) is 16.9. The van der Waals surface area contributed by atoms with Crippen molar-refractivity contribution in [3.8, 4) is 5.75 Å². The van der Waals surface area contributed by atoms with Crippen molar-refractivity contribution in [3.63, 3.8) is 0 Å². The Hall–Kier alpha value is -2.28. The summed E-state index contributed by atoms with van der Waals surface area (Å²) in [7, 11) is 3.77. The maximum absolute atomic E-state index is 14.7. The van der Waals surface area contributed by atoms with Gasteiger partial charge in [0.1, 0.15) is 12.3 Å². The Morgan fingerprint density at radius 3 is 2.27 bits per heavy atom. The normalized spacial score (nSPS) is 13.3.